The number of piperidine rings is 1. The van der Waals surface area contributed by atoms with Gasteiger partial charge in [0.05, 0.1) is 7.11 Å². The second kappa shape index (κ2) is 11.7. The maximum absolute atomic E-state index is 5.23. The normalized spacial score (nSPS) is 16.6. The molecule has 0 bridgehead atoms. The van der Waals surface area contributed by atoms with Crippen LogP contribution in [0, 0.1) is 5.92 Å². The third-order valence-corrected chi connectivity index (χ3v) is 4.62. The molecule has 1 heterocycles. The first kappa shape index (κ1) is 24.0. The van der Waals surface area contributed by atoms with E-state index >= 15 is 0 Å². The number of hydrogen-bond acceptors (Lipinski definition) is 3. The van der Waals surface area contributed by atoms with Crippen LogP contribution >= 0.6 is 24.0 Å². The van der Waals surface area contributed by atoms with Crippen molar-refractivity contribution in [1.82, 2.24) is 15.5 Å². The summed E-state index contributed by atoms with van der Waals surface area (Å²) in [4.78, 5) is 7.35. The van der Waals surface area contributed by atoms with Gasteiger partial charge in [0.1, 0.15) is 5.75 Å². The van der Waals surface area contributed by atoms with Gasteiger partial charge in [-0.15, -0.1) is 24.0 Å². The van der Waals surface area contributed by atoms with Gasteiger partial charge in [-0.05, 0) is 77.2 Å². The maximum Gasteiger partial charge on any atom is 0.191 e. The highest BCUT2D eigenvalue weighted by Gasteiger charge is 2.19. The van der Waals surface area contributed by atoms with Crippen LogP contribution in [0.5, 0.6) is 5.75 Å². The van der Waals surface area contributed by atoms with E-state index in [1.807, 2.05) is 12.1 Å². The average Bonchev–Trinajstić information content (AvgIpc) is 2.60. The number of nitrogens with zero attached hydrogens (tertiary/aromatic N) is 2. The van der Waals surface area contributed by atoms with E-state index in [4.69, 9.17) is 9.73 Å². The van der Waals surface area contributed by atoms with Crippen LogP contribution in [0.3, 0.4) is 0 Å². The lowest BCUT2D eigenvalue weighted by atomic mass is 9.96. The average molecular weight is 488 g/mol. The van der Waals surface area contributed by atoms with Crippen LogP contribution in [0.4, 0.5) is 0 Å². The summed E-state index contributed by atoms with van der Waals surface area (Å²) in [6, 6.07) is 8.41. The highest BCUT2D eigenvalue weighted by molar-refractivity contribution is 14.0. The standard InChI is InChI=1S/C21H36N4O.HI/c1-6-22-20(24-21(2,3)4)23-15-17-11-13-25(14-12-17)16-18-7-9-19(26-5)10-8-18;/h7-10,17H,6,11-16H2,1-5H3,(H2,22,23,24);1H. The van der Waals surface area contributed by atoms with E-state index in [1.165, 1.54) is 18.4 Å². The molecule has 2 N–H and O–H groups in total. The Morgan fingerprint density at radius 2 is 1.81 bits per heavy atom. The number of rotatable bonds is 6. The number of guanidine groups is 1. The molecule has 6 heteroatoms. The molecule has 0 unspecified atom stereocenters. The fourth-order valence-corrected chi connectivity index (χ4v) is 3.20. The minimum Gasteiger partial charge on any atom is -0.497 e. The monoisotopic (exact) mass is 488 g/mol. The third-order valence-electron chi connectivity index (χ3n) is 4.62. The number of methoxy groups -OCH3 is 1. The lowest BCUT2D eigenvalue weighted by Crippen LogP contribution is -2.47. The Labute approximate surface area is 182 Å². The Morgan fingerprint density at radius 3 is 2.33 bits per heavy atom. The van der Waals surface area contributed by atoms with Gasteiger partial charge in [-0.1, -0.05) is 12.1 Å². The van der Waals surface area contributed by atoms with Crippen LogP contribution in [-0.4, -0.2) is 49.7 Å². The van der Waals surface area contributed by atoms with Crippen molar-refractivity contribution in [2.75, 3.05) is 33.3 Å². The quantitative estimate of drug-likeness (QED) is 0.363. The molecule has 5 nitrogen and oxygen atoms in total. The van der Waals surface area contributed by atoms with E-state index < -0.39 is 0 Å². The molecule has 2 rings (SSSR count). The maximum atomic E-state index is 5.23. The molecule has 0 radical (unpaired) electrons. The molecule has 0 spiro atoms. The van der Waals surface area contributed by atoms with Gasteiger partial charge in [0, 0.05) is 25.2 Å². The van der Waals surface area contributed by atoms with Crippen LogP contribution in [0.25, 0.3) is 0 Å². The number of benzene rings is 1. The highest BCUT2D eigenvalue weighted by atomic mass is 127. The third kappa shape index (κ3) is 9.14. The van der Waals surface area contributed by atoms with E-state index in [-0.39, 0.29) is 29.5 Å². The van der Waals surface area contributed by atoms with Crippen molar-refractivity contribution < 1.29 is 4.74 Å². The lowest BCUT2D eigenvalue weighted by Gasteiger charge is -2.31. The van der Waals surface area contributed by atoms with Gasteiger partial charge in [0.15, 0.2) is 5.96 Å². The Balaban J connectivity index is 0.00000364. The molecule has 0 aromatic heterocycles. The Bertz CT molecular complexity index is 561. The zero-order chi connectivity index (χ0) is 19.0. The van der Waals surface area contributed by atoms with Gasteiger partial charge in [-0.25, -0.2) is 0 Å². The van der Waals surface area contributed by atoms with Crippen LogP contribution in [0.15, 0.2) is 29.3 Å². The summed E-state index contributed by atoms with van der Waals surface area (Å²) in [5.74, 6) is 2.53. The molecule has 0 atom stereocenters. The van der Waals surface area contributed by atoms with Crippen LogP contribution in [0.2, 0.25) is 0 Å². The Hall–Kier alpha value is -1.02. The minimum atomic E-state index is 0. The van der Waals surface area contributed by atoms with Crippen molar-refractivity contribution >= 4 is 29.9 Å². The highest BCUT2D eigenvalue weighted by Crippen LogP contribution is 2.20. The molecule has 1 saturated heterocycles. The zero-order valence-corrected chi connectivity index (χ0v) is 19.9. The van der Waals surface area contributed by atoms with Crippen LogP contribution in [-0.2, 0) is 6.54 Å². The number of ether oxygens (including phenoxy) is 1. The van der Waals surface area contributed by atoms with Gasteiger partial charge >= 0.3 is 0 Å². The SMILES string of the molecule is CCNC(=NCC1CCN(Cc2ccc(OC)cc2)CC1)NC(C)(C)C.I. The van der Waals surface area contributed by atoms with Crippen molar-refractivity contribution in [2.24, 2.45) is 10.9 Å². The molecule has 154 valence electrons. The van der Waals surface area contributed by atoms with Crippen LogP contribution < -0.4 is 15.4 Å². The summed E-state index contributed by atoms with van der Waals surface area (Å²) in [5, 5.41) is 6.81. The van der Waals surface area contributed by atoms with E-state index in [0.717, 1.165) is 44.4 Å². The smallest absolute Gasteiger partial charge is 0.191 e. The second-order valence-electron chi connectivity index (χ2n) is 8.16. The van der Waals surface area contributed by atoms with Crippen molar-refractivity contribution in [3.05, 3.63) is 29.8 Å². The molecular weight excluding hydrogens is 451 g/mol. The summed E-state index contributed by atoms with van der Waals surface area (Å²) >= 11 is 0. The molecular formula is C21H37IN4O. The van der Waals surface area contributed by atoms with Crippen molar-refractivity contribution in [2.45, 2.75) is 52.6 Å². The van der Waals surface area contributed by atoms with Gasteiger partial charge in [0.25, 0.3) is 0 Å². The number of hydrogen-bond donors (Lipinski definition) is 2. The summed E-state index contributed by atoms with van der Waals surface area (Å²) in [5.41, 5.74) is 1.38. The molecule has 1 aliphatic heterocycles. The molecule has 1 aromatic rings. The van der Waals surface area contributed by atoms with Crippen molar-refractivity contribution in [3.63, 3.8) is 0 Å². The van der Waals surface area contributed by atoms with Crippen molar-refractivity contribution in [3.8, 4) is 5.75 Å². The predicted molar refractivity (Wildman–Crippen MR) is 125 cm³/mol. The first-order valence-electron chi connectivity index (χ1n) is 9.81. The van der Waals surface area contributed by atoms with Gasteiger partial charge in [-0.2, -0.15) is 0 Å². The fourth-order valence-electron chi connectivity index (χ4n) is 3.20. The number of nitrogens with one attached hydrogen (secondary N) is 2. The molecule has 27 heavy (non-hydrogen) atoms. The summed E-state index contributed by atoms with van der Waals surface area (Å²) < 4.78 is 5.23. The van der Waals surface area contributed by atoms with Gasteiger partial charge in [-0.3, -0.25) is 9.89 Å². The van der Waals surface area contributed by atoms with Gasteiger partial charge in [0.2, 0.25) is 0 Å². The fraction of sp³-hybridized carbons (Fsp3) is 0.667. The first-order valence-corrected chi connectivity index (χ1v) is 9.81. The Morgan fingerprint density at radius 1 is 1.19 bits per heavy atom. The summed E-state index contributed by atoms with van der Waals surface area (Å²) in [6.07, 6.45) is 2.43. The number of halogens is 1. The van der Waals surface area contributed by atoms with E-state index in [1.54, 1.807) is 7.11 Å². The predicted octanol–water partition coefficient (Wildman–Crippen LogP) is 3.88. The van der Waals surface area contributed by atoms with Crippen LogP contribution in [0.1, 0.15) is 46.1 Å². The molecule has 0 aliphatic carbocycles. The summed E-state index contributed by atoms with van der Waals surface area (Å²) in [6.45, 7) is 13.7. The Kier molecular flexibility index (Phi) is 10.4. The van der Waals surface area contributed by atoms with Gasteiger partial charge < -0.3 is 15.4 Å². The van der Waals surface area contributed by atoms with E-state index in [9.17, 15) is 0 Å². The second-order valence-corrected chi connectivity index (χ2v) is 8.16. The molecule has 0 amide bonds. The first-order chi connectivity index (χ1) is 12.4. The zero-order valence-electron chi connectivity index (χ0n) is 17.5. The molecule has 0 saturated carbocycles. The molecule has 1 aliphatic rings. The van der Waals surface area contributed by atoms with E-state index in [2.05, 4.69) is 55.4 Å². The van der Waals surface area contributed by atoms with Crippen molar-refractivity contribution in [1.29, 1.82) is 0 Å². The largest absolute Gasteiger partial charge is 0.497 e. The number of aliphatic imine (C=N–C) groups is 1. The summed E-state index contributed by atoms with van der Waals surface area (Å²) in [7, 11) is 1.71. The lowest BCUT2D eigenvalue weighted by molar-refractivity contribution is 0.180. The molecule has 1 aromatic carbocycles. The minimum absolute atomic E-state index is 0. The van der Waals surface area contributed by atoms with E-state index in [0.29, 0.717) is 5.92 Å². The molecule has 1 fully saturated rings. The topological polar surface area (TPSA) is 48.9 Å². The number of likely N-dealkylation sites (tertiary alicyclic amines) is 1.